The van der Waals surface area contributed by atoms with Crippen LogP contribution in [0.15, 0.2) is 124 Å². The number of benzene rings is 5. The zero-order valence-electron chi connectivity index (χ0n) is 22.6. The molecule has 0 fully saturated rings. The average molecular weight is 668 g/mol. The number of anilines is 2. The number of hydrogen-bond donors (Lipinski definition) is 2. The summed E-state index contributed by atoms with van der Waals surface area (Å²) in [5.41, 5.74) is 7.66. The van der Waals surface area contributed by atoms with Crippen molar-refractivity contribution in [2.45, 2.75) is 6.61 Å². The number of fused-ring (bicyclic) bond motifs is 1. The molecule has 0 aliphatic heterocycles. The maximum atomic E-state index is 12.7. The lowest BCUT2D eigenvalue weighted by Gasteiger charge is -2.11. The van der Waals surface area contributed by atoms with Crippen molar-refractivity contribution in [3.8, 4) is 17.0 Å². The number of carbonyl (C=O) groups excluding carboxylic acids is 1. The number of thiazole rings is 1. The SMILES string of the molecule is O=C(N/N=C\c1ccc(OCc2cccc3ccccc23)c(Br)c1)c1ccc(-c2csc(Nc3ccc(Cl)cc3)n2)cc1. The van der Waals surface area contributed by atoms with E-state index in [-0.39, 0.29) is 5.91 Å². The summed E-state index contributed by atoms with van der Waals surface area (Å²) in [6.07, 6.45) is 1.59. The lowest BCUT2D eigenvalue weighted by molar-refractivity contribution is 0.0955. The molecular formula is C34H24BrClN4O2S. The van der Waals surface area contributed by atoms with Crippen molar-refractivity contribution in [3.63, 3.8) is 0 Å². The second kappa shape index (κ2) is 13.2. The maximum absolute atomic E-state index is 12.7. The summed E-state index contributed by atoms with van der Waals surface area (Å²) < 4.78 is 6.89. The highest BCUT2D eigenvalue weighted by Crippen LogP contribution is 2.29. The van der Waals surface area contributed by atoms with Crippen molar-refractivity contribution in [2.75, 3.05) is 5.32 Å². The van der Waals surface area contributed by atoms with E-state index in [1.807, 2.05) is 78.2 Å². The van der Waals surface area contributed by atoms with Gasteiger partial charge in [-0.1, -0.05) is 66.2 Å². The predicted octanol–water partition coefficient (Wildman–Crippen LogP) is 9.47. The van der Waals surface area contributed by atoms with Gasteiger partial charge in [-0.05, 0) is 92.4 Å². The number of halogens is 2. The van der Waals surface area contributed by atoms with Crippen LogP contribution in [-0.2, 0) is 6.61 Å². The summed E-state index contributed by atoms with van der Waals surface area (Å²) >= 11 is 11.0. The maximum Gasteiger partial charge on any atom is 0.271 e. The van der Waals surface area contributed by atoms with Gasteiger partial charge in [0.1, 0.15) is 12.4 Å². The van der Waals surface area contributed by atoms with Gasteiger partial charge in [-0.25, -0.2) is 10.4 Å². The Balaban J connectivity index is 1.03. The molecule has 0 radical (unpaired) electrons. The first kappa shape index (κ1) is 28.6. The van der Waals surface area contributed by atoms with Crippen LogP contribution >= 0.6 is 38.9 Å². The van der Waals surface area contributed by atoms with Gasteiger partial charge in [0.05, 0.1) is 16.4 Å². The van der Waals surface area contributed by atoms with Gasteiger partial charge >= 0.3 is 0 Å². The highest BCUT2D eigenvalue weighted by atomic mass is 79.9. The number of aromatic nitrogens is 1. The monoisotopic (exact) mass is 666 g/mol. The van der Waals surface area contributed by atoms with Gasteiger partial charge in [0.2, 0.25) is 0 Å². The van der Waals surface area contributed by atoms with E-state index >= 15 is 0 Å². The van der Waals surface area contributed by atoms with Gasteiger partial charge in [0, 0.05) is 27.2 Å². The van der Waals surface area contributed by atoms with Gasteiger partial charge in [-0.3, -0.25) is 4.79 Å². The lowest BCUT2D eigenvalue weighted by atomic mass is 10.1. The van der Waals surface area contributed by atoms with E-state index in [4.69, 9.17) is 16.3 Å². The van der Waals surface area contributed by atoms with E-state index in [0.29, 0.717) is 17.2 Å². The number of nitrogens with zero attached hydrogens (tertiary/aromatic N) is 2. The molecule has 0 atom stereocenters. The van der Waals surface area contributed by atoms with Crippen LogP contribution in [-0.4, -0.2) is 17.1 Å². The molecule has 0 unspecified atom stereocenters. The number of hydrazone groups is 1. The fraction of sp³-hybridized carbons (Fsp3) is 0.0294. The molecule has 1 heterocycles. The first-order valence-corrected chi connectivity index (χ1v) is 15.4. The summed E-state index contributed by atoms with van der Waals surface area (Å²) in [5.74, 6) is 0.419. The van der Waals surface area contributed by atoms with Crippen LogP contribution < -0.4 is 15.5 Å². The highest BCUT2D eigenvalue weighted by molar-refractivity contribution is 9.10. The molecule has 0 aliphatic carbocycles. The number of ether oxygens (including phenoxy) is 1. The van der Waals surface area contributed by atoms with Crippen molar-refractivity contribution >= 4 is 72.6 Å². The Morgan fingerprint density at radius 1 is 0.953 bits per heavy atom. The van der Waals surface area contributed by atoms with Crippen LogP contribution in [0.4, 0.5) is 10.8 Å². The molecule has 9 heteroatoms. The van der Waals surface area contributed by atoms with Crippen LogP contribution in [0.2, 0.25) is 5.02 Å². The number of carbonyl (C=O) groups is 1. The molecule has 0 aliphatic rings. The van der Waals surface area contributed by atoms with Crippen LogP contribution in [0.1, 0.15) is 21.5 Å². The second-order valence-corrected chi connectivity index (χ2v) is 11.7. The van der Waals surface area contributed by atoms with Gasteiger partial charge in [-0.15, -0.1) is 11.3 Å². The van der Waals surface area contributed by atoms with Crippen molar-refractivity contribution in [3.05, 3.63) is 141 Å². The molecule has 6 aromatic rings. The second-order valence-electron chi connectivity index (χ2n) is 9.56. The molecule has 5 aromatic carbocycles. The molecule has 212 valence electrons. The predicted molar refractivity (Wildman–Crippen MR) is 180 cm³/mol. The molecule has 6 rings (SSSR count). The molecule has 2 N–H and O–H groups in total. The third kappa shape index (κ3) is 7.11. The van der Waals surface area contributed by atoms with Crippen LogP contribution in [0, 0.1) is 0 Å². The van der Waals surface area contributed by atoms with E-state index in [0.717, 1.165) is 43.4 Å². The summed E-state index contributed by atoms with van der Waals surface area (Å²) in [6, 6.07) is 34.8. The minimum absolute atomic E-state index is 0.305. The minimum atomic E-state index is -0.305. The molecular weight excluding hydrogens is 644 g/mol. The highest BCUT2D eigenvalue weighted by Gasteiger charge is 2.09. The van der Waals surface area contributed by atoms with Crippen LogP contribution in [0.3, 0.4) is 0 Å². The first-order valence-electron chi connectivity index (χ1n) is 13.3. The molecule has 0 bridgehead atoms. The smallest absolute Gasteiger partial charge is 0.271 e. The Labute approximate surface area is 266 Å². The van der Waals surface area contributed by atoms with Gasteiger partial charge in [0.25, 0.3) is 5.91 Å². The Morgan fingerprint density at radius 3 is 2.56 bits per heavy atom. The number of hydrogen-bond acceptors (Lipinski definition) is 6. The van der Waals surface area contributed by atoms with Crippen molar-refractivity contribution in [1.29, 1.82) is 0 Å². The average Bonchev–Trinajstić information content (AvgIpc) is 3.50. The topological polar surface area (TPSA) is 75.6 Å². The molecule has 0 saturated heterocycles. The van der Waals surface area contributed by atoms with Gasteiger partial charge < -0.3 is 10.1 Å². The van der Waals surface area contributed by atoms with E-state index in [1.165, 1.54) is 22.1 Å². The normalized spacial score (nSPS) is 11.1. The third-order valence-corrected chi connectivity index (χ3v) is 8.27. The summed E-state index contributed by atoms with van der Waals surface area (Å²) in [7, 11) is 0. The number of amides is 1. The largest absolute Gasteiger partial charge is 0.488 e. The number of rotatable bonds is 9. The first-order chi connectivity index (χ1) is 21.0. The Hall–Kier alpha value is -4.50. The van der Waals surface area contributed by atoms with Crippen molar-refractivity contribution in [1.82, 2.24) is 10.4 Å². The zero-order valence-corrected chi connectivity index (χ0v) is 25.8. The third-order valence-electron chi connectivity index (χ3n) is 6.64. The zero-order chi connectivity index (χ0) is 29.6. The summed E-state index contributed by atoms with van der Waals surface area (Å²) in [4.78, 5) is 17.3. The van der Waals surface area contributed by atoms with E-state index < -0.39 is 0 Å². The van der Waals surface area contributed by atoms with E-state index in [1.54, 1.807) is 18.3 Å². The summed E-state index contributed by atoms with van der Waals surface area (Å²) in [6.45, 7) is 0.451. The summed E-state index contributed by atoms with van der Waals surface area (Å²) in [5, 5.41) is 13.2. The minimum Gasteiger partial charge on any atom is -0.488 e. The fourth-order valence-corrected chi connectivity index (χ4v) is 5.81. The standard InChI is InChI=1S/C34H24BrClN4O2S/c35-30-18-22(8-17-32(30)42-20-26-6-3-5-23-4-1-2-7-29(23)26)19-37-40-33(41)25-11-9-24(10-12-25)31-21-43-34(39-31)38-28-15-13-27(36)14-16-28/h1-19,21H,20H2,(H,38,39)(H,40,41)/b37-19-. The van der Waals surface area contributed by atoms with E-state index in [9.17, 15) is 4.79 Å². The quantitative estimate of drug-likeness (QED) is 0.119. The molecule has 6 nitrogen and oxygen atoms in total. The lowest BCUT2D eigenvalue weighted by Crippen LogP contribution is -2.17. The molecule has 0 saturated carbocycles. The Bertz CT molecular complexity index is 1920. The van der Waals surface area contributed by atoms with E-state index in [2.05, 4.69) is 61.0 Å². The number of nitrogens with one attached hydrogen (secondary N) is 2. The van der Waals surface area contributed by atoms with Crippen LogP contribution in [0.5, 0.6) is 5.75 Å². The molecule has 0 spiro atoms. The Kier molecular flexibility index (Phi) is 8.79. The molecule has 1 aromatic heterocycles. The molecule has 43 heavy (non-hydrogen) atoms. The fourth-order valence-electron chi connectivity index (χ4n) is 4.43. The van der Waals surface area contributed by atoms with Gasteiger partial charge in [0.15, 0.2) is 5.13 Å². The molecule has 1 amide bonds. The van der Waals surface area contributed by atoms with Crippen LogP contribution in [0.25, 0.3) is 22.0 Å². The van der Waals surface area contributed by atoms with Crippen molar-refractivity contribution < 1.29 is 9.53 Å². The van der Waals surface area contributed by atoms with Crippen molar-refractivity contribution in [2.24, 2.45) is 5.10 Å². The Morgan fingerprint density at radius 2 is 1.74 bits per heavy atom. The van der Waals surface area contributed by atoms with Gasteiger partial charge in [-0.2, -0.15) is 5.10 Å².